The predicted molar refractivity (Wildman–Crippen MR) is 137 cm³/mol. The maximum absolute atomic E-state index is 13.3. The zero-order valence-corrected chi connectivity index (χ0v) is 20.7. The van der Waals surface area contributed by atoms with Gasteiger partial charge in [-0.2, -0.15) is 0 Å². The second kappa shape index (κ2) is 9.37. The van der Waals surface area contributed by atoms with Gasteiger partial charge in [-0.05, 0) is 72.9 Å². The summed E-state index contributed by atoms with van der Waals surface area (Å²) < 4.78 is 5.60. The second-order valence-electron chi connectivity index (χ2n) is 9.63. The fourth-order valence-electron chi connectivity index (χ4n) is 4.31. The van der Waals surface area contributed by atoms with E-state index in [0.29, 0.717) is 29.3 Å². The van der Waals surface area contributed by atoms with E-state index in [1.54, 1.807) is 42.6 Å². The van der Waals surface area contributed by atoms with E-state index in [0.717, 1.165) is 11.1 Å². The lowest BCUT2D eigenvalue weighted by molar-refractivity contribution is -0.132. The number of aryl methyl sites for hydroxylation is 1. The number of ketones is 1. The van der Waals surface area contributed by atoms with E-state index in [2.05, 4.69) is 25.8 Å². The van der Waals surface area contributed by atoms with Crippen LogP contribution in [-0.4, -0.2) is 28.4 Å². The number of carbonyl (C=O) groups excluding carboxylic acids is 2. The van der Waals surface area contributed by atoms with Gasteiger partial charge >= 0.3 is 0 Å². The lowest BCUT2D eigenvalue weighted by Gasteiger charge is -2.26. The molecule has 1 fully saturated rings. The Morgan fingerprint density at radius 2 is 1.77 bits per heavy atom. The molecule has 6 nitrogen and oxygen atoms in total. The Morgan fingerprint density at radius 1 is 1.06 bits per heavy atom. The molecule has 0 bridgehead atoms. The van der Waals surface area contributed by atoms with E-state index >= 15 is 0 Å². The molecule has 2 aromatic carbocycles. The van der Waals surface area contributed by atoms with Crippen molar-refractivity contribution in [3.63, 3.8) is 0 Å². The number of rotatable bonds is 5. The van der Waals surface area contributed by atoms with Gasteiger partial charge in [0, 0.05) is 17.4 Å². The molecule has 0 spiro atoms. The molecule has 1 atom stereocenters. The number of aliphatic hydroxyl groups is 1. The number of aliphatic hydroxyl groups excluding tert-OH is 1. The topological polar surface area (TPSA) is 79.7 Å². The summed E-state index contributed by atoms with van der Waals surface area (Å²) in [5.74, 6) is -0.985. The molecule has 6 heteroatoms. The highest BCUT2D eigenvalue weighted by atomic mass is 16.5. The van der Waals surface area contributed by atoms with Crippen LogP contribution in [0.2, 0.25) is 0 Å². The molecule has 2 heterocycles. The number of hydrogen-bond donors (Lipinski definition) is 1. The quantitative estimate of drug-likeness (QED) is 0.293. The number of ether oxygens (including phenoxy) is 1. The monoisotopic (exact) mass is 470 g/mol. The fourth-order valence-corrected chi connectivity index (χ4v) is 4.31. The highest BCUT2D eigenvalue weighted by molar-refractivity contribution is 6.51. The molecule has 1 unspecified atom stereocenters. The minimum atomic E-state index is -0.858. The summed E-state index contributed by atoms with van der Waals surface area (Å²) in [4.78, 5) is 32.5. The maximum atomic E-state index is 13.3. The van der Waals surface area contributed by atoms with Crippen LogP contribution in [0.1, 0.15) is 56.1 Å². The van der Waals surface area contributed by atoms with Crippen LogP contribution in [0.25, 0.3) is 5.76 Å². The molecule has 1 aliphatic rings. The normalized spacial score (nSPS) is 17.6. The summed E-state index contributed by atoms with van der Waals surface area (Å²) in [6.07, 6.45) is 1.61. The van der Waals surface area contributed by atoms with Gasteiger partial charge < -0.3 is 9.84 Å². The van der Waals surface area contributed by atoms with Crippen LogP contribution < -0.4 is 9.64 Å². The molecular weight excluding hydrogens is 440 g/mol. The van der Waals surface area contributed by atoms with Crippen molar-refractivity contribution < 1.29 is 19.4 Å². The fraction of sp³-hybridized carbons (Fsp3) is 0.276. The third-order valence-electron chi connectivity index (χ3n) is 6.17. The van der Waals surface area contributed by atoms with Gasteiger partial charge in [-0.15, -0.1) is 0 Å². The third kappa shape index (κ3) is 4.56. The van der Waals surface area contributed by atoms with Gasteiger partial charge in [0.1, 0.15) is 17.6 Å². The third-order valence-corrected chi connectivity index (χ3v) is 6.17. The summed E-state index contributed by atoms with van der Waals surface area (Å²) in [6.45, 7) is 10.6. The maximum Gasteiger partial charge on any atom is 0.300 e. The highest BCUT2D eigenvalue weighted by Gasteiger charge is 2.47. The van der Waals surface area contributed by atoms with Crippen molar-refractivity contribution in [2.75, 3.05) is 11.5 Å². The van der Waals surface area contributed by atoms with E-state index in [9.17, 15) is 14.7 Å². The van der Waals surface area contributed by atoms with E-state index in [4.69, 9.17) is 4.74 Å². The van der Waals surface area contributed by atoms with Crippen LogP contribution >= 0.6 is 0 Å². The number of amides is 1. The van der Waals surface area contributed by atoms with E-state index in [1.165, 1.54) is 4.90 Å². The first-order valence-corrected chi connectivity index (χ1v) is 11.7. The number of anilines is 1. The molecule has 1 aliphatic heterocycles. The number of hydrogen-bond acceptors (Lipinski definition) is 5. The number of nitrogens with zero attached hydrogens (tertiary/aromatic N) is 2. The molecule has 1 aromatic heterocycles. The Labute approximate surface area is 205 Å². The van der Waals surface area contributed by atoms with Gasteiger partial charge in [-0.1, -0.05) is 39.0 Å². The number of carbonyl (C=O) groups is 2. The van der Waals surface area contributed by atoms with Crippen LogP contribution in [-0.2, 0) is 15.0 Å². The van der Waals surface area contributed by atoms with Crippen molar-refractivity contribution in [1.82, 2.24) is 4.98 Å². The number of aromatic nitrogens is 1. The Balaban J connectivity index is 1.87. The van der Waals surface area contributed by atoms with Crippen molar-refractivity contribution >= 4 is 23.1 Å². The minimum absolute atomic E-state index is 0.0113. The van der Waals surface area contributed by atoms with Crippen molar-refractivity contribution in [3.05, 3.63) is 94.8 Å². The molecule has 0 radical (unpaired) electrons. The summed E-state index contributed by atoms with van der Waals surface area (Å²) in [5.41, 5.74) is 3.38. The number of pyridine rings is 1. The molecule has 1 amide bonds. The van der Waals surface area contributed by atoms with Gasteiger partial charge in [-0.25, -0.2) is 0 Å². The molecule has 0 saturated carbocycles. The first-order valence-electron chi connectivity index (χ1n) is 11.7. The van der Waals surface area contributed by atoms with Gasteiger partial charge in [0.05, 0.1) is 17.9 Å². The summed E-state index contributed by atoms with van der Waals surface area (Å²) in [6, 6.07) is 17.2. The minimum Gasteiger partial charge on any atom is -0.507 e. The van der Waals surface area contributed by atoms with Gasteiger partial charge in [0.25, 0.3) is 11.7 Å². The van der Waals surface area contributed by atoms with Crippen LogP contribution in [0, 0.1) is 6.92 Å². The summed E-state index contributed by atoms with van der Waals surface area (Å²) in [5, 5.41) is 11.3. The van der Waals surface area contributed by atoms with Crippen molar-refractivity contribution in [2.45, 2.75) is 46.1 Å². The molecule has 1 N–H and O–H groups in total. The highest BCUT2D eigenvalue weighted by Crippen LogP contribution is 2.42. The predicted octanol–water partition coefficient (Wildman–Crippen LogP) is 5.71. The molecule has 4 rings (SSSR count). The first-order chi connectivity index (χ1) is 16.6. The SMILES string of the molecule is CCOc1ccc(/C(O)=C2/C(=O)C(=O)N(c3ccc(C(C)(C)C)cc3)C2c2ccccn2)cc1C. The van der Waals surface area contributed by atoms with Crippen LogP contribution in [0.15, 0.2) is 72.4 Å². The average Bonchev–Trinajstić information content (AvgIpc) is 3.10. The zero-order chi connectivity index (χ0) is 25.3. The van der Waals surface area contributed by atoms with Crippen molar-refractivity contribution in [2.24, 2.45) is 0 Å². The second-order valence-corrected chi connectivity index (χ2v) is 9.63. The molecular formula is C29H30N2O4. The lowest BCUT2D eigenvalue weighted by Crippen LogP contribution is -2.30. The van der Waals surface area contributed by atoms with Crippen LogP contribution in [0.4, 0.5) is 5.69 Å². The Bertz CT molecular complexity index is 1290. The number of benzene rings is 2. The van der Waals surface area contributed by atoms with Gasteiger partial charge in [0.2, 0.25) is 0 Å². The molecule has 0 aliphatic carbocycles. The Kier molecular flexibility index (Phi) is 6.48. The molecule has 180 valence electrons. The van der Waals surface area contributed by atoms with E-state index in [-0.39, 0.29) is 16.7 Å². The number of Topliss-reactive ketones (excluding diaryl/α,β-unsaturated/α-hetero) is 1. The standard InChI is InChI=1S/C29H30N2O4/c1-6-35-23-15-10-19(17-18(23)2)26(32)24-25(22-9-7-8-16-30-22)31(28(34)27(24)33)21-13-11-20(12-14-21)29(3,4)5/h7-17,25,32H,6H2,1-5H3/b26-24-. The molecule has 3 aromatic rings. The summed E-state index contributed by atoms with van der Waals surface area (Å²) in [7, 11) is 0. The van der Waals surface area contributed by atoms with Crippen molar-refractivity contribution in [1.29, 1.82) is 0 Å². The largest absolute Gasteiger partial charge is 0.507 e. The van der Waals surface area contributed by atoms with E-state index in [1.807, 2.05) is 38.1 Å². The van der Waals surface area contributed by atoms with Gasteiger partial charge in [0.15, 0.2) is 0 Å². The lowest BCUT2D eigenvalue weighted by atomic mass is 9.87. The zero-order valence-electron chi connectivity index (χ0n) is 20.7. The Morgan fingerprint density at radius 3 is 2.34 bits per heavy atom. The Hall–Kier alpha value is -3.93. The summed E-state index contributed by atoms with van der Waals surface area (Å²) >= 11 is 0. The average molecular weight is 471 g/mol. The van der Waals surface area contributed by atoms with Crippen LogP contribution in [0.3, 0.4) is 0 Å². The van der Waals surface area contributed by atoms with E-state index < -0.39 is 17.7 Å². The van der Waals surface area contributed by atoms with Gasteiger partial charge in [-0.3, -0.25) is 19.5 Å². The van der Waals surface area contributed by atoms with Crippen LogP contribution in [0.5, 0.6) is 5.75 Å². The first kappa shape index (κ1) is 24.2. The molecule has 1 saturated heterocycles. The van der Waals surface area contributed by atoms with Crippen molar-refractivity contribution in [3.8, 4) is 5.75 Å². The molecule has 35 heavy (non-hydrogen) atoms. The smallest absolute Gasteiger partial charge is 0.300 e.